The van der Waals surface area contributed by atoms with Crippen LogP contribution >= 0.6 is 0 Å². The van der Waals surface area contributed by atoms with Gasteiger partial charge in [0.1, 0.15) is 0 Å². The summed E-state index contributed by atoms with van der Waals surface area (Å²) in [4.78, 5) is 11.8. The lowest BCUT2D eigenvalue weighted by Crippen LogP contribution is -2.35. The molecule has 0 radical (unpaired) electrons. The van der Waals surface area contributed by atoms with E-state index in [9.17, 15) is 4.79 Å². The molecule has 5 heteroatoms. The first-order valence-corrected chi connectivity index (χ1v) is 7.14. The first-order valence-electron chi connectivity index (χ1n) is 7.14. The number of rotatable bonds is 5. The zero-order valence-electron chi connectivity index (χ0n) is 11.9. The zero-order valence-corrected chi connectivity index (χ0v) is 11.9. The first-order chi connectivity index (χ1) is 9.16. The molecule has 1 aliphatic heterocycles. The third kappa shape index (κ3) is 4.06. The SMILES string of the molecule is Cc1c(CNC(=O)CCC2CCCCN2)cnn1C. The molecule has 1 amide bonds. The highest BCUT2D eigenvalue weighted by Gasteiger charge is 2.14. The smallest absolute Gasteiger partial charge is 0.220 e. The van der Waals surface area contributed by atoms with Crippen molar-refractivity contribution in [1.82, 2.24) is 20.4 Å². The van der Waals surface area contributed by atoms with Gasteiger partial charge in [-0.15, -0.1) is 0 Å². The van der Waals surface area contributed by atoms with Gasteiger partial charge < -0.3 is 10.6 Å². The normalized spacial score (nSPS) is 19.4. The molecular formula is C14H24N4O. The lowest BCUT2D eigenvalue weighted by atomic mass is 10.0. The van der Waals surface area contributed by atoms with Crippen molar-refractivity contribution in [2.24, 2.45) is 7.05 Å². The van der Waals surface area contributed by atoms with Gasteiger partial charge in [-0.05, 0) is 32.7 Å². The Morgan fingerprint density at radius 1 is 1.58 bits per heavy atom. The minimum atomic E-state index is 0.135. The minimum Gasteiger partial charge on any atom is -0.352 e. The van der Waals surface area contributed by atoms with Crippen LogP contribution in [-0.2, 0) is 18.4 Å². The van der Waals surface area contributed by atoms with Crippen LogP contribution in [0.15, 0.2) is 6.20 Å². The molecule has 0 aromatic carbocycles. The van der Waals surface area contributed by atoms with Crippen molar-refractivity contribution in [3.8, 4) is 0 Å². The van der Waals surface area contributed by atoms with E-state index in [1.165, 1.54) is 19.3 Å². The van der Waals surface area contributed by atoms with Gasteiger partial charge in [-0.1, -0.05) is 6.42 Å². The van der Waals surface area contributed by atoms with E-state index in [1.807, 2.05) is 24.9 Å². The number of aryl methyl sites for hydroxylation is 1. The number of hydrogen-bond donors (Lipinski definition) is 2. The van der Waals surface area contributed by atoms with E-state index in [-0.39, 0.29) is 5.91 Å². The maximum atomic E-state index is 11.8. The van der Waals surface area contributed by atoms with E-state index in [0.29, 0.717) is 19.0 Å². The number of piperidine rings is 1. The Bertz CT molecular complexity index is 421. The van der Waals surface area contributed by atoms with Gasteiger partial charge in [-0.3, -0.25) is 9.48 Å². The van der Waals surface area contributed by atoms with E-state index in [2.05, 4.69) is 15.7 Å². The Balaban J connectivity index is 1.68. The molecule has 1 atom stereocenters. The average Bonchev–Trinajstić information content (AvgIpc) is 2.75. The molecule has 1 aromatic heterocycles. The second kappa shape index (κ2) is 6.70. The molecule has 19 heavy (non-hydrogen) atoms. The Kier molecular flexibility index (Phi) is 4.96. The summed E-state index contributed by atoms with van der Waals surface area (Å²) in [5.74, 6) is 0.135. The van der Waals surface area contributed by atoms with Crippen LogP contribution in [0.2, 0.25) is 0 Å². The van der Waals surface area contributed by atoms with Crippen molar-refractivity contribution >= 4 is 5.91 Å². The summed E-state index contributed by atoms with van der Waals surface area (Å²) in [6.07, 6.45) is 7.12. The quantitative estimate of drug-likeness (QED) is 0.842. The van der Waals surface area contributed by atoms with Gasteiger partial charge in [0.15, 0.2) is 0 Å². The predicted octanol–water partition coefficient (Wildman–Crippen LogP) is 1.27. The van der Waals surface area contributed by atoms with Crippen LogP contribution in [-0.4, -0.2) is 28.3 Å². The maximum Gasteiger partial charge on any atom is 0.220 e. The van der Waals surface area contributed by atoms with Crippen LogP contribution in [0, 0.1) is 6.92 Å². The Labute approximate surface area is 114 Å². The summed E-state index contributed by atoms with van der Waals surface area (Å²) in [7, 11) is 1.91. The van der Waals surface area contributed by atoms with Gasteiger partial charge in [0, 0.05) is 37.3 Å². The van der Waals surface area contributed by atoms with Crippen molar-refractivity contribution in [1.29, 1.82) is 0 Å². The summed E-state index contributed by atoms with van der Waals surface area (Å²) in [5, 5.41) is 10.6. The van der Waals surface area contributed by atoms with Crippen molar-refractivity contribution in [3.05, 3.63) is 17.5 Å². The fourth-order valence-corrected chi connectivity index (χ4v) is 2.48. The fraction of sp³-hybridized carbons (Fsp3) is 0.714. The molecule has 2 N–H and O–H groups in total. The molecule has 2 rings (SSSR count). The number of hydrogen-bond acceptors (Lipinski definition) is 3. The van der Waals surface area contributed by atoms with Crippen LogP contribution in [0.3, 0.4) is 0 Å². The highest BCUT2D eigenvalue weighted by atomic mass is 16.1. The van der Waals surface area contributed by atoms with Crippen molar-refractivity contribution < 1.29 is 4.79 Å². The molecule has 0 spiro atoms. The van der Waals surface area contributed by atoms with E-state index < -0.39 is 0 Å². The monoisotopic (exact) mass is 264 g/mol. The molecule has 0 saturated carbocycles. The van der Waals surface area contributed by atoms with E-state index in [0.717, 1.165) is 24.2 Å². The van der Waals surface area contributed by atoms with Gasteiger partial charge >= 0.3 is 0 Å². The van der Waals surface area contributed by atoms with Gasteiger partial charge in [-0.25, -0.2) is 0 Å². The first kappa shape index (κ1) is 14.1. The molecular weight excluding hydrogens is 240 g/mol. The van der Waals surface area contributed by atoms with Crippen LogP contribution in [0.25, 0.3) is 0 Å². The molecule has 106 valence electrons. The number of nitrogens with one attached hydrogen (secondary N) is 2. The summed E-state index contributed by atoms with van der Waals surface area (Å²) in [6, 6.07) is 0.527. The minimum absolute atomic E-state index is 0.135. The number of aromatic nitrogens is 2. The molecule has 2 heterocycles. The van der Waals surface area contributed by atoms with E-state index in [1.54, 1.807) is 0 Å². The predicted molar refractivity (Wildman–Crippen MR) is 74.7 cm³/mol. The number of carbonyl (C=O) groups is 1. The molecule has 0 bridgehead atoms. The zero-order chi connectivity index (χ0) is 13.7. The molecule has 0 aliphatic carbocycles. The van der Waals surface area contributed by atoms with Crippen LogP contribution in [0.1, 0.15) is 43.4 Å². The van der Waals surface area contributed by atoms with Crippen LogP contribution in [0.4, 0.5) is 0 Å². The number of amides is 1. The maximum absolute atomic E-state index is 11.8. The van der Waals surface area contributed by atoms with Gasteiger partial charge in [-0.2, -0.15) is 5.10 Å². The van der Waals surface area contributed by atoms with Crippen molar-refractivity contribution in [2.45, 2.75) is 51.6 Å². The fourth-order valence-electron chi connectivity index (χ4n) is 2.48. The Hall–Kier alpha value is -1.36. The van der Waals surface area contributed by atoms with Gasteiger partial charge in [0.25, 0.3) is 0 Å². The largest absolute Gasteiger partial charge is 0.352 e. The molecule has 5 nitrogen and oxygen atoms in total. The topological polar surface area (TPSA) is 59.0 Å². The number of nitrogens with zero attached hydrogens (tertiary/aromatic N) is 2. The van der Waals surface area contributed by atoms with Crippen LogP contribution < -0.4 is 10.6 Å². The second-order valence-corrected chi connectivity index (χ2v) is 5.34. The Morgan fingerprint density at radius 3 is 3.05 bits per heavy atom. The van der Waals surface area contributed by atoms with Crippen molar-refractivity contribution in [3.63, 3.8) is 0 Å². The summed E-state index contributed by atoms with van der Waals surface area (Å²) in [6.45, 7) is 3.69. The van der Waals surface area contributed by atoms with Gasteiger partial charge in [0.2, 0.25) is 5.91 Å². The summed E-state index contributed by atoms with van der Waals surface area (Å²) in [5.41, 5.74) is 2.20. The highest BCUT2D eigenvalue weighted by molar-refractivity contribution is 5.75. The summed E-state index contributed by atoms with van der Waals surface area (Å²) < 4.78 is 1.83. The average molecular weight is 264 g/mol. The highest BCUT2D eigenvalue weighted by Crippen LogP contribution is 2.11. The Morgan fingerprint density at radius 2 is 2.42 bits per heavy atom. The van der Waals surface area contributed by atoms with Gasteiger partial charge in [0.05, 0.1) is 6.20 Å². The standard InChI is InChI=1S/C14H24N4O/c1-11-12(10-17-18(11)2)9-16-14(19)7-6-13-5-3-4-8-15-13/h10,13,15H,3-9H2,1-2H3,(H,16,19). The van der Waals surface area contributed by atoms with E-state index in [4.69, 9.17) is 0 Å². The molecule has 1 aromatic rings. The van der Waals surface area contributed by atoms with Crippen molar-refractivity contribution in [2.75, 3.05) is 6.54 Å². The third-order valence-electron chi connectivity index (χ3n) is 3.95. The number of carbonyl (C=O) groups excluding carboxylic acids is 1. The van der Waals surface area contributed by atoms with Crippen LogP contribution in [0.5, 0.6) is 0 Å². The lowest BCUT2D eigenvalue weighted by Gasteiger charge is -2.23. The van der Waals surface area contributed by atoms with E-state index >= 15 is 0 Å². The lowest BCUT2D eigenvalue weighted by molar-refractivity contribution is -0.121. The third-order valence-corrected chi connectivity index (χ3v) is 3.95. The molecule has 1 unspecified atom stereocenters. The molecule has 1 saturated heterocycles. The molecule has 1 aliphatic rings. The molecule has 1 fully saturated rings. The second-order valence-electron chi connectivity index (χ2n) is 5.34. The summed E-state index contributed by atoms with van der Waals surface area (Å²) >= 11 is 0.